The molecule has 0 spiro atoms. The van der Waals surface area contributed by atoms with Crippen molar-refractivity contribution in [1.29, 1.82) is 0 Å². The average molecular weight is 314 g/mol. The molecule has 0 radical (unpaired) electrons. The Morgan fingerprint density at radius 2 is 2.05 bits per heavy atom. The SMILES string of the molecule is C[C@H]1C[C@@H](C(=O)NC(Cc2ccccc2)C(F)(F)F)CCN1. The zero-order chi connectivity index (χ0) is 16.2. The number of hydrogen-bond donors (Lipinski definition) is 2. The van der Waals surface area contributed by atoms with Gasteiger partial charge in [-0.2, -0.15) is 13.2 Å². The predicted molar refractivity (Wildman–Crippen MR) is 78.3 cm³/mol. The molecule has 122 valence electrons. The number of piperidine rings is 1. The van der Waals surface area contributed by atoms with Gasteiger partial charge in [0, 0.05) is 18.4 Å². The summed E-state index contributed by atoms with van der Waals surface area (Å²) in [5.74, 6) is -0.844. The van der Waals surface area contributed by atoms with Crippen molar-refractivity contribution >= 4 is 5.91 Å². The molecule has 22 heavy (non-hydrogen) atoms. The highest BCUT2D eigenvalue weighted by Crippen LogP contribution is 2.25. The quantitative estimate of drug-likeness (QED) is 0.897. The van der Waals surface area contributed by atoms with Crippen molar-refractivity contribution < 1.29 is 18.0 Å². The normalized spacial score (nSPS) is 23.8. The van der Waals surface area contributed by atoms with Crippen LogP contribution in [0.2, 0.25) is 0 Å². The standard InChI is InChI=1S/C16H21F3N2O/c1-11-9-13(7-8-20-11)15(22)21-14(16(17,18)19)10-12-5-3-2-4-6-12/h2-6,11,13-14,20H,7-10H2,1H3,(H,21,22)/t11-,13-,14?/m0/s1. The van der Waals surface area contributed by atoms with E-state index in [0.717, 1.165) is 0 Å². The highest BCUT2D eigenvalue weighted by molar-refractivity contribution is 5.79. The van der Waals surface area contributed by atoms with Crippen molar-refractivity contribution in [2.75, 3.05) is 6.54 Å². The first-order chi connectivity index (χ1) is 10.4. The maximum atomic E-state index is 13.2. The first-order valence-electron chi connectivity index (χ1n) is 7.50. The summed E-state index contributed by atoms with van der Waals surface area (Å²) < 4.78 is 39.5. The number of nitrogens with one attached hydrogen (secondary N) is 2. The fraction of sp³-hybridized carbons (Fsp3) is 0.562. The molecule has 1 unspecified atom stereocenters. The van der Waals surface area contributed by atoms with Crippen LogP contribution in [0.5, 0.6) is 0 Å². The molecule has 1 amide bonds. The van der Waals surface area contributed by atoms with Crippen molar-refractivity contribution in [1.82, 2.24) is 10.6 Å². The second-order valence-corrected chi connectivity index (χ2v) is 5.87. The summed E-state index contributed by atoms with van der Waals surface area (Å²) in [6.07, 6.45) is -3.55. The van der Waals surface area contributed by atoms with Crippen LogP contribution in [0.3, 0.4) is 0 Å². The van der Waals surface area contributed by atoms with E-state index in [9.17, 15) is 18.0 Å². The van der Waals surface area contributed by atoms with E-state index >= 15 is 0 Å². The molecule has 2 rings (SSSR count). The van der Waals surface area contributed by atoms with Crippen LogP contribution in [0.25, 0.3) is 0 Å². The van der Waals surface area contributed by atoms with Gasteiger partial charge in [-0.1, -0.05) is 30.3 Å². The summed E-state index contributed by atoms with van der Waals surface area (Å²) in [6.45, 7) is 2.60. The third-order valence-corrected chi connectivity index (χ3v) is 3.99. The van der Waals surface area contributed by atoms with E-state index in [1.807, 2.05) is 6.92 Å². The molecule has 3 nitrogen and oxygen atoms in total. The van der Waals surface area contributed by atoms with Crippen molar-refractivity contribution in [2.45, 2.75) is 44.4 Å². The van der Waals surface area contributed by atoms with Crippen LogP contribution in [-0.2, 0) is 11.2 Å². The van der Waals surface area contributed by atoms with E-state index in [2.05, 4.69) is 10.6 Å². The van der Waals surface area contributed by atoms with Gasteiger partial charge in [0.05, 0.1) is 0 Å². The number of alkyl halides is 3. The molecular weight excluding hydrogens is 293 g/mol. The zero-order valence-electron chi connectivity index (χ0n) is 12.5. The maximum absolute atomic E-state index is 13.2. The van der Waals surface area contributed by atoms with E-state index in [4.69, 9.17) is 0 Å². The second-order valence-electron chi connectivity index (χ2n) is 5.87. The summed E-state index contributed by atoms with van der Waals surface area (Å²) in [4.78, 5) is 12.2. The Bertz CT molecular complexity index is 490. The van der Waals surface area contributed by atoms with Gasteiger partial charge in [-0.25, -0.2) is 0 Å². The minimum absolute atomic E-state index is 0.156. The van der Waals surface area contributed by atoms with E-state index in [1.165, 1.54) is 0 Å². The fourth-order valence-electron chi connectivity index (χ4n) is 2.76. The Kier molecular flexibility index (Phi) is 5.45. The lowest BCUT2D eigenvalue weighted by atomic mass is 9.92. The molecule has 3 atom stereocenters. The molecule has 1 aromatic carbocycles. The van der Waals surface area contributed by atoms with Crippen molar-refractivity contribution in [3.05, 3.63) is 35.9 Å². The number of halogens is 3. The number of rotatable bonds is 4. The first kappa shape index (κ1) is 16.8. The molecule has 1 aliphatic heterocycles. The van der Waals surface area contributed by atoms with E-state index < -0.39 is 18.1 Å². The Labute approximate surface area is 128 Å². The molecule has 2 N–H and O–H groups in total. The van der Waals surface area contributed by atoms with Gasteiger partial charge >= 0.3 is 6.18 Å². The highest BCUT2D eigenvalue weighted by atomic mass is 19.4. The van der Waals surface area contributed by atoms with Gasteiger partial charge in [-0.05, 0) is 31.9 Å². The van der Waals surface area contributed by atoms with Crippen LogP contribution in [-0.4, -0.2) is 30.7 Å². The highest BCUT2D eigenvalue weighted by Gasteiger charge is 2.41. The molecule has 0 aromatic heterocycles. The number of carbonyl (C=O) groups excluding carboxylic acids is 1. The summed E-state index contributed by atoms with van der Waals surface area (Å²) in [7, 11) is 0. The van der Waals surface area contributed by atoms with Crippen molar-refractivity contribution in [3.63, 3.8) is 0 Å². The summed E-state index contributed by atoms with van der Waals surface area (Å²) in [5.41, 5.74) is 0.559. The molecule has 6 heteroatoms. The first-order valence-corrected chi connectivity index (χ1v) is 7.50. The van der Waals surface area contributed by atoms with Gasteiger partial charge in [0.2, 0.25) is 5.91 Å². The third-order valence-electron chi connectivity index (χ3n) is 3.99. The van der Waals surface area contributed by atoms with Gasteiger partial charge in [0.15, 0.2) is 0 Å². The van der Waals surface area contributed by atoms with Crippen LogP contribution >= 0.6 is 0 Å². The maximum Gasteiger partial charge on any atom is 0.408 e. The lowest BCUT2D eigenvalue weighted by Gasteiger charge is -2.29. The molecule has 1 aliphatic rings. The largest absolute Gasteiger partial charge is 0.408 e. The molecule has 0 bridgehead atoms. The molecule has 1 saturated heterocycles. The predicted octanol–water partition coefficient (Wildman–Crippen LogP) is 2.66. The fourth-order valence-corrected chi connectivity index (χ4v) is 2.76. The minimum atomic E-state index is -4.45. The third kappa shape index (κ3) is 4.73. The topological polar surface area (TPSA) is 41.1 Å². The van der Waals surface area contributed by atoms with Crippen molar-refractivity contribution in [3.8, 4) is 0 Å². The van der Waals surface area contributed by atoms with Gasteiger partial charge < -0.3 is 10.6 Å². The van der Waals surface area contributed by atoms with Crippen molar-refractivity contribution in [2.24, 2.45) is 5.92 Å². The molecule has 0 aliphatic carbocycles. The number of amides is 1. The van der Waals surface area contributed by atoms with E-state index in [0.29, 0.717) is 24.9 Å². The van der Waals surface area contributed by atoms with Gasteiger partial charge in [0.1, 0.15) is 6.04 Å². The lowest BCUT2D eigenvalue weighted by molar-refractivity contribution is -0.163. The number of carbonyl (C=O) groups is 1. The smallest absolute Gasteiger partial charge is 0.344 e. The Hall–Kier alpha value is -1.56. The summed E-state index contributed by atoms with van der Waals surface area (Å²) >= 11 is 0. The van der Waals surface area contributed by atoms with Crippen LogP contribution in [0.1, 0.15) is 25.3 Å². The Morgan fingerprint density at radius 3 is 2.64 bits per heavy atom. The van der Waals surface area contributed by atoms with Crippen LogP contribution in [0.4, 0.5) is 13.2 Å². The monoisotopic (exact) mass is 314 g/mol. The summed E-state index contributed by atoms with van der Waals surface area (Å²) in [5, 5.41) is 5.39. The van der Waals surface area contributed by atoms with Gasteiger partial charge in [-0.3, -0.25) is 4.79 Å². The minimum Gasteiger partial charge on any atom is -0.344 e. The zero-order valence-corrected chi connectivity index (χ0v) is 12.5. The Balaban J connectivity index is 2.02. The lowest BCUT2D eigenvalue weighted by Crippen LogP contribution is -2.51. The summed E-state index contributed by atoms with van der Waals surface area (Å²) in [6, 6.07) is 6.73. The van der Waals surface area contributed by atoms with E-state index in [-0.39, 0.29) is 18.4 Å². The number of benzene rings is 1. The van der Waals surface area contributed by atoms with E-state index in [1.54, 1.807) is 30.3 Å². The molecule has 1 fully saturated rings. The second kappa shape index (κ2) is 7.13. The molecule has 0 saturated carbocycles. The van der Waals surface area contributed by atoms with Gasteiger partial charge in [0.25, 0.3) is 0 Å². The van der Waals surface area contributed by atoms with Gasteiger partial charge in [-0.15, -0.1) is 0 Å². The van der Waals surface area contributed by atoms with Crippen LogP contribution in [0, 0.1) is 5.92 Å². The molecule has 1 aromatic rings. The van der Waals surface area contributed by atoms with Crippen LogP contribution in [0.15, 0.2) is 30.3 Å². The molecule has 1 heterocycles. The van der Waals surface area contributed by atoms with Crippen LogP contribution < -0.4 is 10.6 Å². The average Bonchev–Trinajstić information content (AvgIpc) is 2.46. The molecular formula is C16H21F3N2O. The Morgan fingerprint density at radius 1 is 1.36 bits per heavy atom. The number of hydrogen-bond acceptors (Lipinski definition) is 2.